The summed E-state index contributed by atoms with van der Waals surface area (Å²) >= 11 is 0. The largest absolute Gasteiger partial charge is 0.472 e. The standard InChI is InChI=1S/C66H128NO8P/c1-6-8-10-12-14-16-18-20-22-24-26-28-29-30-31-32-33-34-35-36-37-39-41-43-45-47-49-51-53-55-57-59-66(69)75-64(63-74-76(70,71)73-61-60-67(3,4)5)62-72-65(68)58-56-54-52-50-48-46-44-42-40-38-27-25-23-21-19-17-15-13-11-9-7-2/h18,20,24,26,64H,6-17,19,21-23,25,27-63H2,1-5H3/p+1/b20-18-,26-24-. The Morgan fingerprint density at radius 3 is 1.04 bits per heavy atom. The Morgan fingerprint density at radius 1 is 0.408 bits per heavy atom. The van der Waals surface area contributed by atoms with Gasteiger partial charge in [-0.15, -0.1) is 0 Å². The van der Waals surface area contributed by atoms with Crippen LogP contribution in [0.1, 0.15) is 335 Å². The first kappa shape index (κ1) is 74.5. The molecule has 10 heteroatoms. The average Bonchev–Trinajstić information content (AvgIpc) is 3.38. The van der Waals surface area contributed by atoms with E-state index in [-0.39, 0.29) is 25.6 Å². The van der Waals surface area contributed by atoms with E-state index < -0.39 is 26.5 Å². The average molecular weight is 1100 g/mol. The van der Waals surface area contributed by atoms with Gasteiger partial charge in [0.2, 0.25) is 0 Å². The van der Waals surface area contributed by atoms with Crippen molar-refractivity contribution in [2.24, 2.45) is 0 Å². The van der Waals surface area contributed by atoms with Gasteiger partial charge in [-0.25, -0.2) is 4.57 Å². The number of ether oxygens (including phenoxy) is 2. The molecule has 0 spiro atoms. The third kappa shape index (κ3) is 61.7. The topological polar surface area (TPSA) is 108 Å². The number of likely N-dealkylation sites (N-methyl/N-ethyl adjacent to an activating group) is 1. The molecule has 0 aliphatic carbocycles. The molecule has 0 rings (SSSR count). The first-order valence-electron chi connectivity index (χ1n) is 33.1. The Kier molecular flexibility index (Phi) is 57.0. The van der Waals surface area contributed by atoms with Gasteiger partial charge in [-0.1, -0.05) is 301 Å². The molecule has 0 heterocycles. The summed E-state index contributed by atoms with van der Waals surface area (Å²) in [5, 5.41) is 0. The molecule has 0 aromatic rings. The van der Waals surface area contributed by atoms with Gasteiger partial charge in [-0.2, -0.15) is 0 Å². The van der Waals surface area contributed by atoms with Gasteiger partial charge >= 0.3 is 19.8 Å². The van der Waals surface area contributed by atoms with Crippen molar-refractivity contribution < 1.29 is 42.1 Å². The highest BCUT2D eigenvalue weighted by molar-refractivity contribution is 7.47. The number of carbonyl (C=O) groups excluding carboxylic acids is 2. The van der Waals surface area contributed by atoms with Crippen molar-refractivity contribution in [3.63, 3.8) is 0 Å². The van der Waals surface area contributed by atoms with Crippen molar-refractivity contribution in [2.75, 3.05) is 47.5 Å². The quantitative estimate of drug-likeness (QED) is 0.0211. The summed E-state index contributed by atoms with van der Waals surface area (Å²) in [5.41, 5.74) is 0. The number of phosphoric ester groups is 1. The van der Waals surface area contributed by atoms with Crippen LogP contribution in [0, 0.1) is 0 Å². The third-order valence-electron chi connectivity index (χ3n) is 15.0. The molecule has 0 fully saturated rings. The second kappa shape index (κ2) is 58.2. The highest BCUT2D eigenvalue weighted by Gasteiger charge is 2.27. The summed E-state index contributed by atoms with van der Waals surface area (Å²) in [7, 11) is 1.50. The third-order valence-corrected chi connectivity index (χ3v) is 16.0. The number of unbranched alkanes of at least 4 members (excludes halogenated alkanes) is 44. The van der Waals surface area contributed by atoms with E-state index in [1.807, 2.05) is 21.1 Å². The lowest BCUT2D eigenvalue weighted by Crippen LogP contribution is -2.37. The first-order chi connectivity index (χ1) is 37.0. The summed E-state index contributed by atoms with van der Waals surface area (Å²) in [6, 6.07) is 0. The van der Waals surface area contributed by atoms with Gasteiger partial charge in [0, 0.05) is 12.8 Å². The molecule has 0 aliphatic heterocycles. The van der Waals surface area contributed by atoms with Crippen LogP contribution in [0.4, 0.5) is 0 Å². The van der Waals surface area contributed by atoms with Crippen molar-refractivity contribution in [2.45, 2.75) is 341 Å². The molecule has 0 bridgehead atoms. The van der Waals surface area contributed by atoms with Gasteiger partial charge in [0.25, 0.3) is 0 Å². The fourth-order valence-corrected chi connectivity index (χ4v) is 10.6. The zero-order chi connectivity index (χ0) is 55.6. The first-order valence-corrected chi connectivity index (χ1v) is 34.6. The number of quaternary nitrogens is 1. The minimum Gasteiger partial charge on any atom is -0.462 e. The zero-order valence-electron chi connectivity index (χ0n) is 51.3. The van der Waals surface area contributed by atoms with Gasteiger partial charge in [-0.3, -0.25) is 18.6 Å². The van der Waals surface area contributed by atoms with Crippen LogP contribution in [0.5, 0.6) is 0 Å². The fourth-order valence-electron chi connectivity index (χ4n) is 9.87. The lowest BCUT2D eigenvalue weighted by atomic mass is 10.0. The lowest BCUT2D eigenvalue weighted by molar-refractivity contribution is -0.870. The van der Waals surface area contributed by atoms with Crippen molar-refractivity contribution in [1.82, 2.24) is 0 Å². The van der Waals surface area contributed by atoms with Crippen molar-refractivity contribution >= 4 is 19.8 Å². The van der Waals surface area contributed by atoms with E-state index in [1.54, 1.807) is 0 Å². The molecule has 2 atom stereocenters. The van der Waals surface area contributed by atoms with Crippen LogP contribution in [0.15, 0.2) is 24.3 Å². The van der Waals surface area contributed by atoms with E-state index in [0.29, 0.717) is 23.9 Å². The number of phosphoric acid groups is 1. The summed E-state index contributed by atoms with van der Waals surface area (Å²) in [6.45, 7) is 4.49. The van der Waals surface area contributed by atoms with Crippen molar-refractivity contribution in [3.05, 3.63) is 24.3 Å². The van der Waals surface area contributed by atoms with Gasteiger partial charge in [0.15, 0.2) is 6.10 Å². The highest BCUT2D eigenvalue weighted by atomic mass is 31.2. The number of hydrogen-bond donors (Lipinski definition) is 1. The highest BCUT2D eigenvalue weighted by Crippen LogP contribution is 2.43. The Bertz CT molecular complexity index is 1330. The second-order valence-corrected chi connectivity index (χ2v) is 25.3. The number of allylic oxidation sites excluding steroid dienone is 4. The summed E-state index contributed by atoms with van der Waals surface area (Å²) < 4.78 is 34.7. The maximum atomic E-state index is 12.9. The summed E-state index contributed by atoms with van der Waals surface area (Å²) in [5.74, 6) is -0.774. The Labute approximate surface area is 472 Å². The van der Waals surface area contributed by atoms with Crippen molar-refractivity contribution in [1.29, 1.82) is 0 Å². The molecule has 0 amide bonds. The van der Waals surface area contributed by atoms with Crippen LogP contribution in [0.2, 0.25) is 0 Å². The molecule has 9 nitrogen and oxygen atoms in total. The van der Waals surface area contributed by atoms with Crippen LogP contribution in [-0.4, -0.2) is 74.9 Å². The molecule has 450 valence electrons. The van der Waals surface area contributed by atoms with Gasteiger partial charge in [0.1, 0.15) is 19.8 Å². The lowest BCUT2D eigenvalue weighted by Gasteiger charge is -2.24. The molecule has 2 unspecified atom stereocenters. The minimum atomic E-state index is -4.38. The number of nitrogens with zero attached hydrogens (tertiary/aromatic N) is 1. The molecule has 0 aromatic heterocycles. The summed E-state index contributed by atoms with van der Waals surface area (Å²) in [4.78, 5) is 35.8. The fraction of sp³-hybridized carbons (Fsp3) is 0.909. The molecule has 0 saturated carbocycles. The van der Waals surface area contributed by atoms with Crippen LogP contribution in [0.25, 0.3) is 0 Å². The number of rotatable bonds is 62. The molecule has 76 heavy (non-hydrogen) atoms. The Hall–Kier alpha value is -1.51. The molecule has 0 aromatic carbocycles. The smallest absolute Gasteiger partial charge is 0.462 e. The van der Waals surface area contributed by atoms with Crippen molar-refractivity contribution in [3.8, 4) is 0 Å². The van der Waals surface area contributed by atoms with E-state index in [4.69, 9.17) is 18.5 Å². The molecule has 0 aliphatic rings. The van der Waals surface area contributed by atoms with Gasteiger partial charge in [-0.05, 0) is 44.9 Å². The molecular weight excluding hydrogens is 966 g/mol. The van der Waals surface area contributed by atoms with Crippen LogP contribution < -0.4 is 0 Å². The molecule has 0 saturated heterocycles. The monoisotopic (exact) mass is 1090 g/mol. The Balaban J connectivity index is 4.01. The van der Waals surface area contributed by atoms with E-state index in [0.717, 1.165) is 38.5 Å². The maximum absolute atomic E-state index is 12.9. The van der Waals surface area contributed by atoms with E-state index in [9.17, 15) is 19.0 Å². The van der Waals surface area contributed by atoms with E-state index >= 15 is 0 Å². The van der Waals surface area contributed by atoms with Crippen LogP contribution in [-0.2, 0) is 32.7 Å². The zero-order valence-corrected chi connectivity index (χ0v) is 52.2. The minimum absolute atomic E-state index is 0.0357. The predicted octanol–water partition coefficient (Wildman–Crippen LogP) is 20.9. The van der Waals surface area contributed by atoms with Gasteiger partial charge < -0.3 is 18.9 Å². The number of hydrogen-bond acceptors (Lipinski definition) is 7. The maximum Gasteiger partial charge on any atom is 0.472 e. The van der Waals surface area contributed by atoms with Crippen LogP contribution >= 0.6 is 7.82 Å². The predicted molar refractivity (Wildman–Crippen MR) is 326 cm³/mol. The second-order valence-electron chi connectivity index (χ2n) is 23.9. The Morgan fingerprint density at radius 2 is 0.711 bits per heavy atom. The number of esters is 2. The molecular formula is C66H129NO8P+. The molecule has 1 N–H and O–H groups in total. The number of carbonyl (C=O) groups is 2. The molecule has 0 radical (unpaired) electrons. The normalized spacial score (nSPS) is 13.3. The van der Waals surface area contributed by atoms with E-state index in [2.05, 4.69) is 38.2 Å². The van der Waals surface area contributed by atoms with E-state index in [1.165, 1.54) is 263 Å². The SMILES string of the molecule is CCCCCCC/C=C\C/C=C\CCCCCCCCCCCCCCCCCCCCCC(=O)OC(COC(=O)CCCCCCCCCCCCCCCCCCCCCCC)COP(=O)(O)OCC[N+](C)(C)C. The van der Waals surface area contributed by atoms with Gasteiger partial charge in [0.05, 0.1) is 27.7 Å². The summed E-state index contributed by atoms with van der Waals surface area (Å²) in [6.07, 6.45) is 71.3. The van der Waals surface area contributed by atoms with Crippen LogP contribution in [0.3, 0.4) is 0 Å².